The van der Waals surface area contributed by atoms with Gasteiger partial charge < -0.3 is 0 Å². The number of fused-ring (bicyclic) bond motifs is 1. The predicted molar refractivity (Wildman–Crippen MR) is 86.4 cm³/mol. The van der Waals surface area contributed by atoms with E-state index in [-0.39, 0.29) is 20.3 Å². The minimum atomic E-state index is 0.0784. The molecule has 0 spiro atoms. The number of nitrogens with zero attached hydrogens (tertiary/aromatic N) is 1. The van der Waals surface area contributed by atoms with Crippen molar-refractivity contribution in [1.29, 1.82) is 0 Å². The fourth-order valence-electron chi connectivity index (χ4n) is 1.71. The Bertz CT molecular complexity index is 688. The van der Waals surface area contributed by atoms with Crippen LogP contribution in [0.15, 0.2) is 59.4 Å². The molecule has 4 heteroatoms. The number of hydrogen-bond acceptors (Lipinski definition) is 1. The zero-order valence-corrected chi connectivity index (χ0v) is 13.7. The molecule has 0 radical (unpaired) electrons. The van der Waals surface area contributed by atoms with Crippen LogP contribution >= 0.6 is 22.6 Å². The number of halogens is 1. The van der Waals surface area contributed by atoms with Crippen LogP contribution in [0, 0.1) is 0 Å². The first-order valence-electron chi connectivity index (χ1n) is 5.40. The number of aromatic nitrogens is 1. The first kappa shape index (κ1) is 13.6. The Balaban J connectivity index is 0.000000574. The van der Waals surface area contributed by atoms with Gasteiger partial charge in [-0.2, -0.15) is 0 Å². The number of hydrogen-bond donors (Lipinski definition) is 0. The van der Waals surface area contributed by atoms with E-state index in [0.29, 0.717) is 0 Å². The summed E-state index contributed by atoms with van der Waals surface area (Å²) < 4.78 is 3.04. The molecule has 1 heterocycles. The summed E-state index contributed by atoms with van der Waals surface area (Å²) in [6.07, 6.45) is 0. The van der Waals surface area contributed by atoms with E-state index >= 15 is 0 Å². The van der Waals surface area contributed by atoms with Crippen molar-refractivity contribution in [2.45, 2.75) is 0 Å². The fraction of sp³-hybridized carbons (Fsp3) is 0.0714. The molecule has 92 valence electrons. The predicted octanol–water partition coefficient (Wildman–Crippen LogP) is 3.10. The van der Waals surface area contributed by atoms with E-state index < -0.39 is 0 Å². The third-order valence-electron chi connectivity index (χ3n) is 2.48. The Hall–Kier alpha value is -0.841. The van der Waals surface area contributed by atoms with Crippen molar-refractivity contribution in [1.82, 2.24) is 3.56 Å². The van der Waals surface area contributed by atoms with E-state index in [1.807, 2.05) is 63.1 Å². The molecule has 3 aromatic rings. The van der Waals surface area contributed by atoms with Crippen LogP contribution in [0.2, 0.25) is 0 Å². The number of para-hydroxylation sites is 1. The van der Waals surface area contributed by atoms with Crippen LogP contribution in [0.1, 0.15) is 0 Å². The maximum atomic E-state index is 12.1. The van der Waals surface area contributed by atoms with Crippen molar-refractivity contribution in [2.24, 2.45) is 0 Å². The topological polar surface area (TPSA) is 22.0 Å². The van der Waals surface area contributed by atoms with Crippen molar-refractivity contribution >= 4 is 47.0 Å². The Morgan fingerprint density at radius 3 is 2.22 bits per heavy atom. The van der Waals surface area contributed by atoms with Gasteiger partial charge in [0.15, 0.2) is 0 Å². The van der Waals surface area contributed by atoms with Gasteiger partial charge in [-0.15, -0.1) is 0 Å². The summed E-state index contributed by atoms with van der Waals surface area (Å²) >= 11 is 2.23. The first-order chi connectivity index (χ1) is 8.86. The second-order valence-corrected chi connectivity index (χ2v) is 5.59. The van der Waals surface area contributed by atoms with E-state index in [4.69, 9.17) is 0 Å². The van der Waals surface area contributed by atoms with Crippen molar-refractivity contribution in [3.8, 4) is 5.69 Å². The van der Waals surface area contributed by atoms with Crippen molar-refractivity contribution < 1.29 is 0 Å². The van der Waals surface area contributed by atoms with Crippen LogP contribution in [-0.4, -0.2) is 23.2 Å². The van der Waals surface area contributed by atoms with Crippen LogP contribution in [0.4, 0.5) is 0 Å². The van der Waals surface area contributed by atoms with E-state index in [9.17, 15) is 4.79 Å². The molecule has 1 aromatic heterocycles. The third-order valence-corrected chi connectivity index (χ3v) is 4.82. The summed E-state index contributed by atoms with van der Waals surface area (Å²) in [7, 11) is 0. The molecule has 0 fully saturated rings. The van der Waals surface area contributed by atoms with Crippen molar-refractivity contribution in [2.75, 3.05) is 4.93 Å². The quantitative estimate of drug-likeness (QED) is 0.340. The number of benzene rings is 2. The van der Waals surface area contributed by atoms with Gasteiger partial charge in [-0.25, -0.2) is 0 Å². The van der Waals surface area contributed by atoms with E-state index in [1.165, 1.54) is 4.26 Å². The average molecular weight is 416 g/mol. The van der Waals surface area contributed by atoms with Crippen LogP contribution in [0.5, 0.6) is 0 Å². The molecule has 0 saturated heterocycles. The SMILES string of the molecule is CI.O=c1c2ccccc2[se]n1-c1ccccc1. The van der Waals surface area contributed by atoms with Gasteiger partial charge in [-0.3, -0.25) is 0 Å². The third kappa shape index (κ3) is 2.60. The Kier molecular flexibility index (Phi) is 4.80. The Morgan fingerprint density at radius 1 is 0.944 bits per heavy atom. The first-order valence-corrected chi connectivity index (χ1v) is 9.18. The molecule has 3 rings (SSSR count). The van der Waals surface area contributed by atoms with Crippen LogP contribution in [0.3, 0.4) is 0 Å². The number of alkyl halides is 1. The maximum absolute atomic E-state index is 12.1. The van der Waals surface area contributed by atoms with E-state index in [2.05, 4.69) is 22.6 Å². The summed E-state index contributed by atoms with van der Waals surface area (Å²) in [6.45, 7) is 0. The molecule has 0 aliphatic rings. The standard InChI is InChI=1S/C13H9NOSe.CH3I/c15-13-11-8-4-5-9-12(11)16-14(13)10-6-2-1-3-7-10;1-2/h1-9H;1H3. The molecule has 0 atom stereocenters. The molecular formula is C14H12INOSe. The molecule has 18 heavy (non-hydrogen) atoms. The van der Waals surface area contributed by atoms with Gasteiger partial charge in [0.05, 0.1) is 0 Å². The van der Waals surface area contributed by atoms with Gasteiger partial charge in [0.2, 0.25) is 0 Å². The zero-order chi connectivity index (χ0) is 13.0. The molecule has 0 saturated carbocycles. The Labute approximate surface area is 125 Å². The molecule has 0 amide bonds. The Morgan fingerprint density at radius 2 is 1.56 bits per heavy atom. The second-order valence-electron chi connectivity index (χ2n) is 3.52. The molecule has 0 aliphatic carbocycles. The van der Waals surface area contributed by atoms with Crippen LogP contribution in [-0.2, 0) is 0 Å². The number of rotatable bonds is 1. The summed E-state index contributed by atoms with van der Waals surface area (Å²) in [5, 5.41) is 0.853. The van der Waals surface area contributed by atoms with E-state index in [0.717, 1.165) is 11.1 Å². The van der Waals surface area contributed by atoms with Crippen molar-refractivity contribution in [3.63, 3.8) is 0 Å². The average Bonchev–Trinajstić information content (AvgIpc) is 2.80. The van der Waals surface area contributed by atoms with E-state index in [1.54, 1.807) is 0 Å². The van der Waals surface area contributed by atoms with Crippen LogP contribution < -0.4 is 5.56 Å². The van der Waals surface area contributed by atoms with Gasteiger partial charge in [-0.05, 0) is 4.93 Å². The summed E-state index contributed by atoms with van der Waals surface area (Å²) in [4.78, 5) is 14.1. The molecule has 0 aliphatic heterocycles. The summed E-state index contributed by atoms with van der Waals surface area (Å²) in [5.74, 6) is 0. The fourth-order valence-corrected chi connectivity index (χ4v) is 3.80. The summed E-state index contributed by atoms with van der Waals surface area (Å²) in [6, 6.07) is 17.7. The minimum absolute atomic E-state index is 0.0784. The monoisotopic (exact) mass is 417 g/mol. The molecule has 2 nitrogen and oxygen atoms in total. The van der Waals surface area contributed by atoms with Gasteiger partial charge in [-0.1, -0.05) is 22.6 Å². The summed E-state index contributed by atoms with van der Waals surface area (Å²) in [5.41, 5.74) is 1.12. The molecule has 0 unspecified atom stereocenters. The zero-order valence-electron chi connectivity index (χ0n) is 9.84. The molecule has 0 bridgehead atoms. The van der Waals surface area contributed by atoms with Gasteiger partial charge in [0, 0.05) is 0 Å². The van der Waals surface area contributed by atoms with Gasteiger partial charge in [0.1, 0.15) is 0 Å². The molecule has 0 N–H and O–H groups in total. The van der Waals surface area contributed by atoms with Gasteiger partial charge >= 0.3 is 98.6 Å². The second kappa shape index (κ2) is 6.36. The van der Waals surface area contributed by atoms with Crippen molar-refractivity contribution in [3.05, 3.63) is 65.0 Å². The van der Waals surface area contributed by atoms with Crippen LogP contribution in [0.25, 0.3) is 15.3 Å². The molecule has 2 aromatic carbocycles. The normalized spacial score (nSPS) is 9.89. The molecular weight excluding hydrogens is 404 g/mol. The van der Waals surface area contributed by atoms with Gasteiger partial charge in [0.25, 0.3) is 0 Å².